The lowest BCUT2D eigenvalue weighted by Gasteiger charge is -2.17. The summed E-state index contributed by atoms with van der Waals surface area (Å²) in [6, 6.07) is 7.28. The smallest absolute Gasteiger partial charge is 0.217 e. The van der Waals surface area contributed by atoms with Crippen molar-refractivity contribution in [3.63, 3.8) is 0 Å². The molecule has 1 aromatic heterocycles. The van der Waals surface area contributed by atoms with Crippen LogP contribution in [0.4, 0.5) is 0 Å². The highest BCUT2D eigenvalue weighted by Gasteiger charge is 2.29. The van der Waals surface area contributed by atoms with Crippen LogP contribution in [0.2, 0.25) is 0 Å². The summed E-state index contributed by atoms with van der Waals surface area (Å²) in [7, 11) is 0. The average molecular weight is 281 g/mol. The molecule has 2 rings (SSSR count). The minimum atomic E-state index is -0.609. The van der Waals surface area contributed by atoms with Crippen molar-refractivity contribution in [2.45, 2.75) is 31.7 Å². The van der Waals surface area contributed by atoms with Crippen molar-refractivity contribution in [1.82, 2.24) is 4.98 Å². The zero-order valence-corrected chi connectivity index (χ0v) is 11.6. The van der Waals surface area contributed by atoms with Crippen LogP contribution in [0.1, 0.15) is 31.2 Å². The molecule has 0 amide bonds. The van der Waals surface area contributed by atoms with Gasteiger partial charge in [-0.05, 0) is 24.5 Å². The number of alkyl halides is 1. The number of hydrogen-bond donors (Lipinski definition) is 1. The number of halogens is 1. The molecule has 2 atom stereocenters. The molecule has 4 nitrogen and oxygen atoms in total. The average Bonchev–Trinajstić information content (AvgIpc) is 2.83. The molecule has 102 valence electrons. The fraction of sp³-hybridized carbons (Fsp3) is 0.429. The van der Waals surface area contributed by atoms with Crippen LogP contribution in [-0.4, -0.2) is 21.8 Å². The first-order chi connectivity index (χ1) is 9.15. The molecular weight excluding hydrogens is 264 g/mol. The van der Waals surface area contributed by atoms with Crippen LogP contribution in [0.15, 0.2) is 30.5 Å². The predicted molar refractivity (Wildman–Crippen MR) is 77.5 cm³/mol. The summed E-state index contributed by atoms with van der Waals surface area (Å²) in [4.78, 5) is 14.1. The molecule has 0 aliphatic carbocycles. The number of para-hydroxylation sites is 1. The monoisotopic (exact) mass is 280 g/mol. The van der Waals surface area contributed by atoms with E-state index >= 15 is 0 Å². The Morgan fingerprint density at radius 2 is 2.16 bits per heavy atom. The van der Waals surface area contributed by atoms with Crippen LogP contribution in [0.25, 0.3) is 10.9 Å². The Labute approximate surface area is 116 Å². The second kappa shape index (κ2) is 6.06. The largest absolute Gasteiger partial charge is 0.361 e. The molecule has 0 spiro atoms. The van der Waals surface area contributed by atoms with Gasteiger partial charge in [0.25, 0.3) is 0 Å². The summed E-state index contributed by atoms with van der Waals surface area (Å²) >= 11 is 5.73. The van der Waals surface area contributed by atoms with E-state index in [-0.39, 0.29) is 10.8 Å². The number of rotatable bonds is 6. The molecule has 1 aromatic carbocycles. The van der Waals surface area contributed by atoms with Gasteiger partial charge in [-0.1, -0.05) is 18.2 Å². The molecule has 2 aromatic rings. The van der Waals surface area contributed by atoms with Gasteiger partial charge in [-0.3, -0.25) is 10.1 Å². The van der Waals surface area contributed by atoms with Gasteiger partial charge in [-0.25, -0.2) is 0 Å². The lowest BCUT2D eigenvalue weighted by molar-refractivity contribution is -0.522. The normalized spacial score (nSPS) is 14.4. The van der Waals surface area contributed by atoms with Gasteiger partial charge in [0.15, 0.2) is 0 Å². The molecular formula is C14H17ClN2O2. The summed E-state index contributed by atoms with van der Waals surface area (Å²) in [5.41, 5.74) is 2.04. The standard InChI is InChI=1S/C14H17ClN2O2/c1-10(17(18)19)11(6-4-8-15)13-9-16-14-7-3-2-5-12(13)14/h2-3,5,7,9-11,16H,4,6,8H2,1H3. The van der Waals surface area contributed by atoms with E-state index in [1.54, 1.807) is 6.92 Å². The van der Waals surface area contributed by atoms with Crippen LogP contribution < -0.4 is 0 Å². The molecule has 19 heavy (non-hydrogen) atoms. The summed E-state index contributed by atoms with van der Waals surface area (Å²) in [6.07, 6.45) is 3.40. The zero-order chi connectivity index (χ0) is 13.8. The maximum Gasteiger partial charge on any atom is 0.217 e. The van der Waals surface area contributed by atoms with Crippen molar-refractivity contribution in [1.29, 1.82) is 0 Å². The molecule has 0 saturated heterocycles. The predicted octanol–water partition coefficient (Wildman–Crippen LogP) is 3.94. The first-order valence-electron chi connectivity index (χ1n) is 6.40. The van der Waals surface area contributed by atoms with Crippen molar-refractivity contribution in [3.05, 3.63) is 46.1 Å². The number of nitrogens with zero attached hydrogens (tertiary/aromatic N) is 1. The third-order valence-electron chi connectivity index (χ3n) is 3.58. The quantitative estimate of drug-likeness (QED) is 0.495. The van der Waals surface area contributed by atoms with Crippen LogP contribution in [0.5, 0.6) is 0 Å². The Balaban J connectivity index is 2.39. The van der Waals surface area contributed by atoms with Gasteiger partial charge in [-0.2, -0.15) is 0 Å². The van der Waals surface area contributed by atoms with E-state index in [4.69, 9.17) is 11.6 Å². The van der Waals surface area contributed by atoms with Gasteiger partial charge in [0, 0.05) is 34.8 Å². The molecule has 0 bridgehead atoms. The van der Waals surface area contributed by atoms with E-state index in [0.717, 1.165) is 29.3 Å². The van der Waals surface area contributed by atoms with Crippen LogP contribution in [0, 0.1) is 10.1 Å². The van der Waals surface area contributed by atoms with Gasteiger partial charge >= 0.3 is 0 Å². The molecule has 0 saturated carbocycles. The van der Waals surface area contributed by atoms with Crippen molar-refractivity contribution in [2.24, 2.45) is 0 Å². The van der Waals surface area contributed by atoms with Gasteiger partial charge in [0.1, 0.15) is 0 Å². The number of nitrogens with one attached hydrogen (secondary N) is 1. The number of benzene rings is 1. The van der Waals surface area contributed by atoms with E-state index in [1.807, 2.05) is 30.5 Å². The van der Waals surface area contributed by atoms with Crippen LogP contribution in [0.3, 0.4) is 0 Å². The second-order valence-electron chi connectivity index (χ2n) is 4.75. The fourth-order valence-corrected chi connectivity index (χ4v) is 2.66. The van der Waals surface area contributed by atoms with E-state index in [1.165, 1.54) is 0 Å². The van der Waals surface area contributed by atoms with E-state index in [2.05, 4.69) is 4.98 Å². The Kier molecular flexibility index (Phi) is 4.43. The molecule has 0 fully saturated rings. The summed E-state index contributed by atoms with van der Waals surface area (Å²) in [5.74, 6) is 0.424. The van der Waals surface area contributed by atoms with Crippen molar-refractivity contribution in [3.8, 4) is 0 Å². The van der Waals surface area contributed by atoms with Crippen molar-refractivity contribution >= 4 is 22.5 Å². The molecule has 0 radical (unpaired) electrons. The molecule has 1 heterocycles. The zero-order valence-electron chi connectivity index (χ0n) is 10.8. The van der Waals surface area contributed by atoms with Gasteiger partial charge in [0.05, 0.1) is 5.92 Å². The maximum absolute atomic E-state index is 11.1. The highest BCUT2D eigenvalue weighted by Crippen LogP contribution is 2.32. The third kappa shape index (κ3) is 2.89. The van der Waals surface area contributed by atoms with E-state index in [0.29, 0.717) is 5.88 Å². The topological polar surface area (TPSA) is 58.9 Å². The number of nitro groups is 1. The summed E-state index contributed by atoms with van der Waals surface area (Å²) in [6.45, 7) is 1.67. The third-order valence-corrected chi connectivity index (χ3v) is 3.85. The lowest BCUT2D eigenvalue weighted by atomic mass is 9.88. The highest BCUT2D eigenvalue weighted by molar-refractivity contribution is 6.17. The summed E-state index contributed by atoms with van der Waals surface area (Å²) in [5, 5.41) is 12.2. The van der Waals surface area contributed by atoms with Crippen molar-refractivity contribution < 1.29 is 4.92 Å². The minimum Gasteiger partial charge on any atom is -0.361 e. The lowest BCUT2D eigenvalue weighted by Crippen LogP contribution is -2.24. The molecule has 0 aliphatic heterocycles. The SMILES string of the molecule is CC(C(CCCCl)c1c[nH]c2ccccc12)[N+](=O)[O-]. The first-order valence-corrected chi connectivity index (χ1v) is 6.94. The number of hydrogen-bond acceptors (Lipinski definition) is 2. The first kappa shape index (κ1) is 13.9. The highest BCUT2D eigenvalue weighted by atomic mass is 35.5. The Hall–Kier alpha value is -1.55. The number of fused-ring (bicyclic) bond motifs is 1. The van der Waals surface area contributed by atoms with Crippen molar-refractivity contribution in [2.75, 3.05) is 5.88 Å². The fourth-order valence-electron chi connectivity index (χ4n) is 2.50. The molecule has 5 heteroatoms. The van der Waals surface area contributed by atoms with Gasteiger partial charge < -0.3 is 4.98 Å². The maximum atomic E-state index is 11.1. The Morgan fingerprint density at radius 1 is 1.42 bits per heavy atom. The number of aromatic amines is 1. The molecule has 2 unspecified atom stereocenters. The number of H-pyrrole nitrogens is 1. The summed E-state index contributed by atoms with van der Waals surface area (Å²) < 4.78 is 0. The van der Waals surface area contributed by atoms with E-state index in [9.17, 15) is 10.1 Å². The Morgan fingerprint density at radius 3 is 2.84 bits per heavy atom. The van der Waals surface area contributed by atoms with E-state index < -0.39 is 6.04 Å². The van der Waals surface area contributed by atoms with Crippen LogP contribution >= 0.6 is 11.6 Å². The van der Waals surface area contributed by atoms with Crippen LogP contribution in [-0.2, 0) is 0 Å². The van der Waals surface area contributed by atoms with Gasteiger partial charge in [-0.15, -0.1) is 11.6 Å². The number of aromatic nitrogens is 1. The molecule has 1 N–H and O–H groups in total. The second-order valence-corrected chi connectivity index (χ2v) is 5.13. The van der Waals surface area contributed by atoms with Gasteiger partial charge in [0.2, 0.25) is 6.04 Å². The minimum absolute atomic E-state index is 0.107. The molecule has 0 aliphatic rings. The Bertz CT molecular complexity index is 567.